The third-order valence-corrected chi connectivity index (χ3v) is 1.69. The Morgan fingerprint density at radius 2 is 2.08 bits per heavy atom. The smallest absolute Gasteiger partial charge is 0.0392 e. The number of nitrogens with one attached hydrogen (secondary N) is 1. The first kappa shape index (κ1) is 11.2. The van der Waals surface area contributed by atoms with Crippen molar-refractivity contribution >= 4 is 5.71 Å². The molecule has 0 saturated heterocycles. The summed E-state index contributed by atoms with van der Waals surface area (Å²) >= 11 is 0. The molecule has 0 rings (SSSR count). The van der Waals surface area contributed by atoms with Gasteiger partial charge in [-0.05, 0) is 26.3 Å². The van der Waals surface area contributed by atoms with Crippen LogP contribution in [0.1, 0.15) is 33.6 Å². The van der Waals surface area contributed by atoms with E-state index in [1.165, 1.54) is 12.8 Å². The van der Waals surface area contributed by atoms with Gasteiger partial charge in [0.2, 0.25) is 0 Å². The summed E-state index contributed by atoms with van der Waals surface area (Å²) in [6.07, 6.45) is 4.46. The van der Waals surface area contributed by atoms with E-state index in [9.17, 15) is 0 Å². The fourth-order valence-electron chi connectivity index (χ4n) is 0.845. The predicted molar refractivity (Wildman–Crippen MR) is 55.7 cm³/mol. The highest BCUT2D eigenvalue weighted by Crippen LogP contribution is 1.91. The lowest BCUT2D eigenvalue weighted by Crippen LogP contribution is -2.03. The Kier molecular flexibility index (Phi) is 6.44. The molecule has 1 N–H and O–H groups in total. The van der Waals surface area contributed by atoms with Gasteiger partial charge >= 0.3 is 0 Å². The average molecular weight is 168 g/mol. The first-order valence-corrected chi connectivity index (χ1v) is 4.57. The molecule has 0 aromatic rings. The van der Waals surface area contributed by atoms with Crippen molar-refractivity contribution in [3.8, 4) is 0 Å². The first-order valence-electron chi connectivity index (χ1n) is 4.57. The van der Waals surface area contributed by atoms with Crippen LogP contribution in [0.3, 0.4) is 0 Å². The van der Waals surface area contributed by atoms with Gasteiger partial charge in [0.05, 0.1) is 0 Å². The van der Waals surface area contributed by atoms with Crippen molar-refractivity contribution < 1.29 is 0 Å². The van der Waals surface area contributed by atoms with Crippen molar-refractivity contribution in [2.24, 2.45) is 4.99 Å². The monoisotopic (exact) mass is 168 g/mol. The SMILES string of the molecule is CCCC/N=C(C)/C=C(/C)NC. The highest BCUT2D eigenvalue weighted by molar-refractivity contribution is 5.93. The Morgan fingerprint density at radius 3 is 2.58 bits per heavy atom. The first-order chi connectivity index (χ1) is 5.70. The molecular weight excluding hydrogens is 148 g/mol. The molecule has 0 aliphatic rings. The summed E-state index contributed by atoms with van der Waals surface area (Å²) in [4.78, 5) is 4.40. The molecule has 0 amide bonds. The zero-order valence-electron chi connectivity index (χ0n) is 8.65. The van der Waals surface area contributed by atoms with Crippen molar-refractivity contribution in [1.29, 1.82) is 0 Å². The molecule has 2 heteroatoms. The van der Waals surface area contributed by atoms with Gasteiger partial charge in [-0.1, -0.05) is 13.3 Å². The standard InChI is InChI=1S/C10H20N2/c1-5-6-7-12-10(3)8-9(2)11-4/h8,11H,5-7H2,1-4H3/b9-8-,12-10+. The summed E-state index contributed by atoms with van der Waals surface area (Å²) in [5, 5.41) is 3.07. The lowest BCUT2D eigenvalue weighted by molar-refractivity contribution is 0.808. The Hall–Kier alpha value is -0.790. The van der Waals surface area contributed by atoms with Crippen molar-refractivity contribution in [1.82, 2.24) is 5.32 Å². The van der Waals surface area contributed by atoms with E-state index in [4.69, 9.17) is 0 Å². The molecule has 0 fully saturated rings. The van der Waals surface area contributed by atoms with Gasteiger partial charge in [-0.3, -0.25) is 4.99 Å². The van der Waals surface area contributed by atoms with E-state index >= 15 is 0 Å². The fraction of sp³-hybridized carbons (Fsp3) is 0.700. The van der Waals surface area contributed by atoms with Gasteiger partial charge in [-0.2, -0.15) is 0 Å². The molecule has 2 nitrogen and oxygen atoms in total. The van der Waals surface area contributed by atoms with Crippen LogP contribution in [0.15, 0.2) is 16.8 Å². The molecule has 0 aliphatic carbocycles. The largest absolute Gasteiger partial charge is 0.392 e. The van der Waals surface area contributed by atoms with E-state index in [2.05, 4.69) is 23.3 Å². The lowest BCUT2D eigenvalue weighted by Gasteiger charge is -1.98. The maximum atomic E-state index is 4.40. The predicted octanol–water partition coefficient (Wildman–Crippen LogP) is 2.37. The Morgan fingerprint density at radius 1 is 1.42 bits per heavy atom. The maximum absolute atomic E-state index is 4.40. The van der Waals surface area contributed by atoms with Crippen LogP contribution in [0, 0.1) is 0 Å². The summed E-state index contributed by atoms with van der Waals surface area (Å²) in [5.41, 5.74) is 2.27. The Labute approximate surface area is 75.8 Å². The van der Waals surface area contributed by atoms with Gasteiger partial charge in [0.15, 0.2) is 0 Å². The summed E-state index contributed by atoms with van der Waals surface area (Å²) in [6.45, 7) is 7.21. The summed E-state index contributed by atoms with van der Waals surface area (Å²) in [5.74, 6) is 0. The van der Waals surface area contributed by atoms with Crippen LogP contribution in [0.5, 0.6) is 0 Å². The number of unbranched alkanes of at least 4 members (excludes halogenated alkanes) is 1. The minimum absolute atomic E-state index is 0.954. The zero-order chi connectivity index (χ0) is 9.40. The highest BCUT2D eigenvalue weighted by Gasteiger charge is 1.86. The number of aliphatic imine (C=N–C) groups is 1. The van der Waals surface area contributed by atoms with Gasteiger partial charge in [0.1, 0.15) is 0 Å². The number of hydrogen-bond acceptors (Lipinski definition) is 2. The number of allylic oxidation sites excluding steroid dienone is 2. The third kappa shape index (κ3) is 5.96. The van der Waals surface area contributed by atoms with E-state index in [0.29, 0.717) is 0 Å². The van der Waals surface area contributed by atoms with E-state index in [-0.39, 0.29) is 0 Å². The molecule has 0 bridgehead atoms. The van der Waals surface area contributed by atoms with Gasteiger partial charge in [-0.15, -0.1) is 0 Å². The van der Waals surface area contributed by atoms with Crippen molar-refractivity contribution in [2.45, 2.75) is 33.6 Å². The van der Waals surface area contributed by atoms with E-state index in [0.717, 1.165) is 18.0 Å². The lowest BCUT2D eigenvalue weighted by atomic mass is 10.3. The molecular formula is C10H20N2. The maximum Gasteiger partial charge on any atom is 0.0392 e. The second-order valence-electron chi connectivity index (χ2n) is 2.95. The quantitative estimate of drug-likeness (QED) is 0.494. The van der Waals surface area contributed by atoms with Crippen molar-refractivity contribution in [3.63, 3.8) is 0 Å². The Balaban J connectivity index is 3.84. The minimum atomic E-state index is 0.954. The molecule has 0 spiro atoms. The fourth-order valence-corrected chi connectivity index (χ4v) is 0.845. The average Bonchev–Trinajstić information content (AvgIpc) is 2.05. The van der Waals surface area contributed by atoms with E-state index in [1.807, 2.05) is 20.9 Å². The molecule has 12 heavy (non-hydrogen) atoms. The van der Waals surface area contributed by atoms with E-state index in [1.54, 1.807) is 0 Å². The van der Waals surface area contributed by atoms with Crippen LogP contribution >= 0.6 is 0 Å². The topological polar surface area (TPSA) is 24.4 Å². The Bertz CT molecular complexity index is 169. The minimum Gasteiger partial charge on any atom is -0.392 e. The van der Waals surface area contributed by atoms with Gasteiger partial charge < -0.3 is 5.32 Å². The second-order valence-corrected chi connectivity index (χ2v) is 2.95. The molecule has 0 aliphatic heterocycles. The van der Waals surface area contributed by atoms with Crippen molar-refractivity contribution in [2.75, 3.05) is 13.6 Å². The van der Waals surface area contributed by atoms with Crippen LogP contribution in [-0.4, -0.2) is 19.3 Å². The summed E-state index contributed by atoms with van der Waals surface area (Å²) in [6, 6.07) is 0. The number of rotatable bonds is 5. The summed E-state index contributed by atoms with van der Waals surface area (Å²) < 4.78 is 0. The van der Waals surface area contributed by atoms with Crippen LogP contribution in [0.25, 0.3) is 0 Å². The third-order valence-electron chi connectivity index (χ3n) is 1.69. The van der Waals surface area contributed by atoms with Crippen molar-refractivity contribution in [3.05, 3.63) is 11.8 Å². The second kappa shape index (κ2) is 6.89. The van der Waals surface area contributed by atoms with Gasteiger partial charge in [-0.25, -0.2) is 0 Å². The summed E-state index contributed by atoms with van der Waals surface area (Å²) in [7, 11) is 1.92. The van der Waals surface area contributed by atoms with Gasteiger partial charge in [0.25, 0.3) is 0 Å². The van der Waals surface area contributed by atoms with E-state index < -0.39 is 0 Å². The van der Waals surface area contributed by atoms with Crippen LogP contribution < -0.4 is 5.32 Å². The number of nitrogens with zero attached hydrogens (tertiary/aromatic N) is 1. The molecule has 0 saturated carbocycles. The zero-order valence-corrected chi connectivity index (χ0v) is 8.65. The van der Waals surface area contributed by atoms with Gasteiger partial charge in [0, 0.05) is 25.0 Å². The molecule has 0 heterocycles. The van der Waals surface area contributed by atoms with Crippen LogP contribution in [0.2, 0.25) is 0 Å². The molecule has 70 valence electrons. The molecule has 0 aromatic carbocycles. The molecule has 0 radical (unpaired) electrons. The molecule has 0 atom stereocenters. The highest BCUT2D eigenvalue weighted by atomic mass is 14.8. The van der Waals surface area contributed by atoms with Crippen LogP contribution in [0.4, 0.5) is 0 Å². The number of hydrogen-bond donors (Lipinski definition) is 1. The van der Waals surface area contributed by atoms with Crippen LogP contribution in [-0.2, 0) is 0 Å². The normalized spacial score (nSPS) is 13.3. The molecule has 0 unspecified atom stereocenters. The molecule has 0 aromatic heterocycles.